The first kappa shape index (κ1) is 16.1. The molecular weight excluding hydrogens is 306 g/mol. The number of pyridine rings is 1. The summed E-state index contributed by atoms with van der Waals surface area (Å²) in [7, 11) is 1.73. The lowest BCUT2D eigenvalue weighted by Gasteiger charge is -2.17. The summed E-state index contributed by atoms with van der Waals surface area (Å²) in [5.74, 6) is 0.652. The van der Waals surface area contributed by atoms with Gasteiger partial charge in [-0.15, -0.1) is 0 Å². The van der Waals surface area contributed by atoms with E-state index in [-0.39, 0.29) is 11.6 Å². The van der Waals surface area contributed by atoms with Crippen LogP contribution in [0.1, 0.15) is 24.4 Å². The quantitative estimate of drug-likeness (QED) is 0.497. The van der Waals surface area contributed by atoms with Gasteiger partial charge in [-0.25, -0.2) is 15.2 Å². The lowest BCUT2D eigenvalue weighted by Crippen LogP contribution is -2.73. The minimum absolute atomic E-state index is 0.109. The smallest absolute Gasteiger partial charge is 0.252 e. The van der Waals surface area contributed by atoms with Crippen molar-refractivity contribution < 1.29 is 10.7 Å². The maximum absolute atomic E-state index is 12.2. The zero-order valence-corrected chi connectivity index (χ0v) is 13.8. The van der Waals surface area contributed by atoms with E-state index in [0.29, 0.717) is 17.2 Å². The normalized spacial score (nSPS) is 12.3. The highest BCUT2D eigenvalue weighted by molar-refractivity contribution is 5.93. The van der Waals surface area contributed by atoms with E-state index in [1.165, 1.54) is 0 Å². The van der Waals surface area contributed by atoms with Crippen molar-refractivity contribution in [3.05, 3.63) is 58.4 Å². The summed E-state index contributed by atoms with van der Waals surface area (Å²) in [4.78, 5) is 20.9. The lowest BCUT2D eigenvalue weighted by atomic mass is 10.1. The Balaban J connectivity index is 2.06. The second-order valence-corrected chi connectivity index (χ2v) is 5.85. The van der Waals surface area contributed by atoms with E-state index < -0.39 is 0 Å². The number of hydrogen-bond donors (Lipinski definition) is 3. The molecule has 124 valence electrons. The van der Waals surface area contributed by atoms with Crippen molar-refractivity contribution >= 4 is 22.3 Å². The first-order valence-electron chi connectivity index (χ1n) is 7.66. The van der Waals surface area contributed by atoms with Crippen LogP contribution < -0.4 is 16.4 Å². The Morgan fingerprint density at radius 3 is 2.62 bits per heavy atom. The first-order chi connectivity index (χ1) is 11.5. The lowest BCUT2D eigenvalue weighted by molar-refractivity contribution is -0.825. The molecule has 7 nitrogen and oxygen atoms in total. The third-order valence-electron chi connectivity index (χ3n) is 3.98. The summed E-state index contributed by atoms with van der Waals surface area (Å²) in [6.07, 6.45) is 3.53. The number of fused-ring (bicyclic) bond motifs is 1. The van der Waals surface area contributed by atoms with Gasteiger partial charge in [-0.2, -0.15) is 5.48 Å². The fourth-order valence-corrected chi connectivity index (χ4v) is 2.60. The molecule has 0 radical (unpaired) electrons. The molecule has 3 rings (SSSR count). The topological polar surface area (TPSA) is 96.7 Å². The third kappa shape index (κ3) is 2.99. The number of anilines is 1. The van der Waals surface area contributed by atoms with Crippen molar-refractivity contribution in [2.45, 2.75) is 19.9 Å². The van der Waals surface area contributed by atoms with Gasteiger partial charge in [-0.3, -0.25) is 4.79 Å². The van der Waals surface area contributed by atoms with Gasteiger partial charge in [0.25, 0.3) is 5.56 Å². The monoisotopic (exact) mass is 326 g/mol. The Labute approximate surface area is 139 Å². The van der Waals surface area contributed by atoms with Gasteiger partial charge in [0.1, 0.15) is 5.82 Å². The molecule has 0 fully saturated rings. The second-order valence-electron chi connectivity index (χ2n) is 5.85. The number of quaternary nitrogens is 1. The number of nitrogens with one attached hydrogen (secondary N) is 1. The van der Waals surface area contributed by atoms with Crippen LogP contribution in [0.2, 0.25) is 0 Å². The molecule has 0 spiro atoms. The molecule has 3 aromatic rings. The molecule has 24 heavy (non-hydrogen) atoms. The molecule has 1 unspecified atom stereocenters. The summed E-state index contributed by atoms with van der Waals surface area (Å²) in [6.45, 7) is 3.87. The summed E-state index contributed by atoms with van der Waals surface area (Å²) < 4.78 is 1.58. The van der Waals surface area contributed by atoms with Crippen LogP contribution >= 0.6 is 0 Å². The Morgan fingerprint density at radius 1 is 1.25 bits per heavy atom. The van der Waals surface area contributed by atoms with Gasteiger partial charge < -0.3 is 9.88 Å². The summed E-state index contributed by atoms with van der Waals surface area (Å²) in [6, 6.07) is 6.80. The van der Waals surface area contributed by atoms with Crippen LogP contribution in [0.3, 0.4) is 0 Å². The van der Waals surface area contributed by atoms with Crippen molar-refractivity contribution in [1.82, 2.24) is 14.5 Å². The predicted molar refractivity (Wildman–Crippen MR) is 91.4 cm³/mol. The van der Waals surface area contributed by atoms with E-state index in [4.69, 9.17) is 0 Å². The zero-order valence-electron chi connectivity index (χ0n) is 13.8. The average molecular weight is 326 g/mol. The molecule has 0 saturated heterocycles. The van der Waals surface area contributed by atoms with Crippen LogP contribution in [0.15, 0.2) is 41.5 Å². The highest BCUT2D eigenvalue weighted by atomic mass is 16.5. The average Bonchev–Trinajstić information content (AvgIpc) is 2.59. The molecule has 2 aromatic heterocycles. The maximum atomic E-state index is 12.2. The molecule has 0 aliphatic rings. The fourth-order valence-electron chi connectivity index (χ4n) is 2.60. The van der Waals surface area contributed by atoms with E-state index in [1.807, 2.05) is 26.0 Å². The van der Waals surface area contributed by atoms with E-state index in [2.05, 4.69) is 15.3 Å². The number of nitrogens with zero attached hydrogens (tertiary/aromatic N) is 3. The number of hydrogen-bond acceptors (Lipinski definition) is 5. The fraction of sp³-hybridized carbons (Fsp3) is 0.235. The van der Waals surface area contributed by atoms with Crippen LogP contribution in [-0.2, 0) is 7.05 Å². The minimum atomic E-state index is -0.164. The van der Waals surface area contributed by atoms with E-state index in [0.717, 1.165) is 21.9 Å². The van der Waals surface area contributed by atoms with Crippen LogP contribution in [-0.4, -0.2) is 19.7 Å². The van der Waals surface area contributed by atoms with Crippen molar-refractivity contribution in [3.8, 4) is 0 Å². The maximum Gasteiger partial charge on any atom is 0.252 e. The van der Waals surface area contributed by atoms with Crippen LogP contribution in [0.25, 0.3) is 10.9 Å². The first-order valence-corrected chi connectivity index (χ1v) is 7.66. The molecule has 0 aliphatic heterocycles. The van der Waals surface area contributed by atoms with Crippen molar-refractivity contribution in [3.63, 3.8) is 0 Å². The van der Waals surface area contributed by atoms with Crippen LogP contribution in [0.4, 0.5) is 11.4 Å². The number of rotatable bonds is 4. The van der Waals surface area contributed by atoms with Gasteiger partial charge in [0, 0.05) is 48.7 Å². The van der Waals surface area contributed by atoms with Gasteiger partial charge in [0.15, 0.2) is 5.69 Å². The largest absolute Gasteiger partial charge is 0.375 e. The molecule has 2 heterocycles. The summed E-state index contributed by atoms with van der Waals surface area (Å²) in [5, 5.41) is 13.4. The second kappa shape index (κ2) is 6.38. The molecule has 0 saturated carbocycles. The molecule has 1 aromatic carbocycles. The Hall–Kier alpha value is -2.77. The number of nitrogens with two attached hydrogens (primary N) is 1. The van der Waals surface area contributed by atoms with Gasteiger partial charge in [0.05, 0.1) is 11.6 Å². The Bertz CT molecular complexity index is 934. The van der Waals surface area contributed by atoms with Crippen molar-refractivity contribution in [2.24, 2.45) is 7.05 Å². The molecule has 7 heteroatoms. The Kier molecular flexibility index (Phi) is 4.28. The van der Waals surface area contributed by atoms with Gasteiger partial charge >= 0.3 is 0 Å². The number of aromatic nitrogens is 3. The zero-order chi connectivity index (χ0) is 17.3. The van der Waals surface area contributed by atoms with E-state index in [9.17, 15) is 10.0 Å². The van der Waals surface area contributed by atoms with E-state index >= 15 is 0 Å². The third-order valence-corrected chi connectivity index (χ3v) is 3.98. The molecule has 0 amide bonds. The molecule has 0 aliphatic carbocycles. The van der Waals surface area contributed by atoms with Crippen LogP contribution in [0.5, 0.6) is 0 Å². The highest BCUT2D eigenvalue weighted by Gasteiger charge is 2.13. The molecular formula is C17H20N5O2+. The van der Waals surface area contributed by atoms with Gasteiger partial charge in [0.2, 0.25) is 0 Å². The van der Waals surface area contributed by atoms with Gasteiger partial charge in [-0.1, -0.05) is 0 Å². The molecule has 4 N–H and O–H groups in total. The van der Waals surface area contributed by atoms with Crippen molar-refractivity contribution in [1.29, 1.82) is 0 Å². The Morgan fingerprint density at radius 2 is 1.96 bits per heavy atom. The highest BCUT2D eigenvalue weighted by Crippen LogP contribution is 2.26. The standard InChI is InChI=1S/C17H19N5O2/c1-10-8-18-17(19-9-10)11(2)20-14-7-16(23)22(3)15-5-4-12(21-24)6-13(14)15/h4-9,11,20-21,24H,1-3H3/p+1. The number of benzene rings is 1. The summed E-state index contributed by atoms with van der Waals surface area (Å²) in [5.41, 5.74) is 4.07. The predicted octanol–water partition coefficient (Wildman–Crippen LogP) is 1.39. The molecule has 0 bridgehead atoms. The van der Waals surface area contributed by atoms with Gasteiger partial charge in [-0.05, 0) is 25.5 Å². The number of aryl methyl sites for hydroxylation is 2. The summed E-state index contributed by atoms with van der Waals surface area (Å²) >= 11 is 0. The van der Waals surface area contributed by atoms with Crippen molar-refractivity contribution in [2.75, 3.05) is 5.32 Å². The van der Waals surface area contributed by atoms with E-state index in [1.54, 1.807) is 36.1 Å². The van der Waals surface area contributed by atoms with Crippen LogP contribution in [0, 0.1) is 6.92 Å². The molecule has 1 atom stereocenters. The minimum Gasteiger partial charge on any atom is -0.375 e. The SMILES string of the molecule is Cc1cnc(C(C)Nc2cc(=O)n(C)c3ccc([NH2+]O)cc23)nc1.